The van der Waals surface area contributed by atoms with Crippen LogP contribution in [0.3, 0.4) is 0 Å². The first-order valence-corrected chi connectivity index (χ1v) is 18.2. The molecule has 53 heavy (non-hydrogen) atoms. The highest BCUT2D eigenvalue weighted by Gasteiger charge is 2.45. The molecule has 15 nitrogen and oxygen atoms in total. The maximum absolute atomic E-state index is 13.6. The molecule has 2 saturated heterocycles. The van der Waals surface area contributed by atoms with Crippen LogP contribution in [0, 0.1) is 0 Å². The Hall–Kier alpha value is -5.02. The lowest BCUT2D eigenvalue weighted by molar-refractivity contribution is -0.119. The fraction of sp³-hybridized carbons (Fsp3) is 0.526. The molecule has 4 aliphatic rings. The lowest BCUT2D eigenvalue weighted by Crippen LogP contribution is -2.50. The van der Waals surface area contributed by atoms with Crippen molar-refractivity contribution in [2.75, 3.05) is 63.5 Å². The molecule has 286 valence electrons. The number of rotatable bonds is 13. The number of hydrogen-bond acceptors (Lipinski definition) is 11. The number of anilines is 2. The van der Waals surface area contributed by atoms with Gasteiger partial charge in [0.25, 0.3) is 11.8 Å². The number of aliphatic hydroxyl groups excluding tert-OH is 1. The van der Waals surface area contributed by atoms with Crippen LogP contribution in [0.25, 0.3) is 0 Å². The molecule has 0 spiro atoms. The van der Waals surface area contributed by atoms with Crippen molar-refractivity contribution in [2.45, 2.75) is 76.2 Å². The van der Waals surface area contributed by atoms with Crippen LogP contribution in [-0.4, -0.2) is 117 Å². The van der Waals surface area contributed by atoms with Crippen molar-refractivity contribution < 1.29 is 48.0 Å². The molecule has 4 aliphatic heterocycles. The van der Waals surface area contributed by atoms with E-state index in [1.165, 1.54) is 32.4 Å². The highest BCUT2D eigenvalue weighted by Crippen LogP contribution is 2.42. The second kappa shape index (κ2) is 16.3. The van der Waals surface area contributed by atoms with Gasteiger partial charge in [-0.05, 0) is 64.0 Å². The zero-order chi connectivity index (χ0) is 37.8. The van der Waals surface area contributed by atoms with E-state index >= 15 is 0 Å². The van der Waals surface area contributed by atoms with Crippen molar-refractivity contribution >= 4 is 35.2 Å². The lowest BCUT2D eigenvalue weighted by atomic mass is 10.1. The van der Waals surface area contributed by atoms with E-state index in [9.17, 15) is 24.3 Å². The fourth-order valence-electron chi connectivity index (χ4n) is 7.59. The second-order valence-electron chi connectivity index (χ2n) is 13.7. The van der Waals surface area contributed by atoms with Crippen molar-refractivity contribution in [1.29, 1.82) is 0 Å². The average molecular weight is 736 g/mol. The molecule has 2 fully saturated rings. The first-order chi connectivity index (χ1) is 25.6. The maximum atomic E-state index is 13.6. The molecule has 0 aliphatic carbocycles. The number of amides is 4. The van der Waals surface area contributed by atoms with Crippen LogP contribution in [0.2, 0.25) is 0 Å². The quantitative estimate of drug-likeness (QED) is 0.227. The van der Waals surface area contributed by atoms with Gasteiger partial charge < -0.3 is 49.2 Å². The van der Waals surface area contributed by atoms with Gasteiger partial charge in [0.15, 0.2) is 29.2 Å². The van der Waals surface area contributed by atoms with Gasteiger partial charge in [0.05, 0.1) is 68.1 Å². The van der Waals surface area contributed by atoms with E-state index < -0.39 is 24.4 Å². The molecular formula is C38H49N5O10. The Morgan fingerprint density at radius 2 is 1.47 bits per heavy atom. The van der Waals surface area contributed by atoms with Crippen LogP contribution in [0.4, 0.5) is 16.2 Å². The van der Waals surface area contributed by atoms with Crippen LogP contribution in [0.1, 0.15) is 72.6 Å². The normalized spacial score (nSPS) is 21.1. The molecule has 0 bridgehead atoms. The Morgan fingerprint density at radius 1 is 0.887 bits per heavy atom. The van der Waals surface area contributed by atoms with Gasteiger partial charge in [-0.15, -0.1) is 0 Å². The summed E-state index contributed by atoms with van der Waals surface area (Å²) < 4.78 is 28.8. The standard InChI is InChI=1S/C38H49N5O10/c1-5-15-53-38(48)43-29-21-33(31(50-4)19-26(29)36(46)41-14-10-12-27(41)37(43)47)52-17-8-6-7-16-51-32-20-28-25(18-30(32)49-3)35(45)40-13-9-11-24(40)22-42(28)34(44)23(2)39/h5,18-21,23-24,27,37,47H,1,6-17,22,39H2,2-4H3/t23-,24-,27-,37?/m0/s1. The Balaban J connectivity index is 1.11. The number of methoxy groups -OCH3 is 2. The van der Waals surface area contributed by atoms with E-state index in [1.807, 2.05) is 4.90 Å². The van der Waals surface area contributed by atoms with Crippen LogP contribution in [0.5, 0.6) is 23.0 Å². The van der Waals surface area contributed by atoms with Gasteiger partial charge in [0.1, 0.15) is 6.61 Å². The molecule has 6 rings (SSSR count). The summed E-state index contributed by atoms with van der Waals surface area (Å²) in [5.74, 6) is 0.729. The van der Waals surface area contributed by atoms with Crippen molar-refractivity contribution in [1.82, 2.24) is 9.80 Å². The van der Waals surface area contributed by atoms with Gasteiger partial charge in [-0.1, -0.05) is 12.7 Å². The Bertz CT molecular complexity index is 1730. The van der Waals surface area contributed by atoms with E-state index in [0.29, 0.717) is 86.2 Å². The molecule has 4 atom stereocenters. The zero-order valence-corrected chi connectivity index (χ0v) is 30.6. The predicted octanol–water partition coefficient (Wildman–Crippen LogP) is 3.70. The predicted molar refractivity (Wildman–Crippen MR) is 195 cm³/mol. The van der Waals surface area contributed by atoms with Crippen molar-refractivity contribution in [3.05, 3.63) is 48.0 Å². The van der Waals surface area contributed by atoms with Gasteiger partial charge in [-0.25, -0.2) is 9.69 Å². The highest BCUT2D eigenvalue weighted by molar-refractivity contribution is 6.08. The summed E-state index contributed by atoms with van der Waals surface area (Å²) in [5.41, 5.74) is 7.24. The molecule has 0 radical (unpaired) electrons. The van der Waals surface area contributed by atoms with E-state index in [0.717, 1.165) is 24.2 Å². The van der Waals surface area contributed by atoms with Crippen molar-refractivity contribution in [3.63, 3.8) is 0 Å². The summed E-state index contributed by atoms with van der Waals surface area (Å²) >= 11 is 0. The monoisotopic (exact) mass is 735 g/mol. The van der Waals surface area contributed by atoms with Crippen LogP contribution < -0.4 is 34.5 Å². The number of nitrogens with two attached hydrogens (primary N) is 1. The number of fused-ring (bicyclic) bond motifs is 4. The molecular weight excluding hydrogens is 686 g/mol. The number of hydrogen-bond donors (Lipinski definition) is 2. The first kappa shape index (κ1) is 37.7. The number of carbonyl (C=O) groups excluding carboxylic acids is 4. The Labute approximate surface area is 309 Å². The molecule has 3 N–H and O–H groups in total. The molecule has 2 aromatic carbocycles. The third-order valence-electron chi connectivity index (χ3n) is 10.3. The van der Waals surface area contributed by atoms with Gasteiger partial charge in [-0.2, -0.15) is 0 Å². The second-order valence-corrected chi connectivity index (χ2v) is 13.7. The minimum Gasteiger partial charge on any atom is -0.493 e. The van der Waals surface area contributed by atoms with E-state index in [4.69, 9.17) is 29.4 Å². The summed E-state index contributed by atoms with van der Waals surface area (Å²) in [6, 6.07) is 5.02. The summed E-state index contributed by atoms with van der Waals surface area (Å²) in [6.45, 7) is 7.25. The smallest absolute Gasteiger partial charge is 0.416 e. The lowest BCUT2D eigenvalue weighted by Gasteiger charge is -2.31. The topological polar surface area (TPSA) is 174 Å². The molecule has 4 amide bonds. The van der Waals surface area contributed by atoms with Crippen molar-refractivity contribution in [2.24, 2.45) is 5.73 Å². The molecule has 15 heteroatoms. The first-order valence-electron chi connectivity index (χ1n) is 18.2. The molecule has 1 unspecified atom stereocenters. The van der Waals surface area contributed by atoms with Gasteiger partial charge >= 0.3 is 6.09 Å². The number of benzene rings is 2. The third-order valence-corrected chi connectivity index (χ3v) is 10.3. The Kier molecular flexibility index (Phi) is 11.6. The maximum Gasteiger partial charge on any atom is 0.416 e. The number of aliphatic hydroxyl groups is 1. The van der Waals surface area contributed by atoms with Crippen LogP contribution in [0.15, 0.2) is 36.9 Å². The number of ether oxygens (including phenoxy) is 5. The number of carbonyl (C=O) groups is 4. The van der Waals surface area contributed by atoms with E-state index in [-0.39, 0.29) is 48.2 Å². The largest absolute Gasteiger partial charge is 0.493 e. The van der Waals surface area contributed by atoms with E-state index in [2.05, 4.69) is 6.58 Å². The Morgan fingerprint density at radius 3 is 2.09 bits per heavy atom. The SMILES string of the molecule is C=CCOC(=O)N1c2cc(OCCCCCOc3cc4c(cc3OC)C(=O)N3CCC[C@H]3CN4C(=O)[C@H](C)N)c(OC)cc2C(=O)N2CCC[C@H]2C1O. The van der Waals surface area contributed by atoms with Crippen LogP contribution in [-0.2, 0) is 9.53 Å². The minimum absolute atomic E-state index is 0.0628. The number of nitrogens with zero attached hydrogens (tertiary/aromatic N) is 4. The van der Waals surface area contributed by atoms with Gasteiger partial charge in [0.2, 0.25) is 5.91 Å². The van der Waals surface area contributed by atoms with Gasteiger partial charge in [0, 0.05) is 31.8 Å². The van der Waals surface area contributed by atoms with Crippen LogP contribution >= 0.6 is 0 Å². The minimum atomic E-state index is -1.31. The zero-order valence-electron chi connectivity index (χ0n) is 30.6. The molecule has 2 aromatic rings. The summed E-state index contributed by atoms with van der Waals surface area (Å²) in [4.78, 5) is 59.7. The summed E-state index contributed by atoms with van der Waals surface area (Å²) in [7, 11) is 2.98. The average Bonchev–Trinajstić information content (AvgIpc) is 3.81. The molecule has 4 heterocycles. The molecule has 0 saturated carbocycles. The van der Waals surface area contributed by atoms with E-state index in [1.54, 1.807) is 28.9 Å². The summed E-state index contributed by atoms with van der Waals surface area (Å²) in [5, 5.41) is 11.3. The third kappa shape index (κ3) is 7.45. The summed E-state index contributed by atoms with van der Waals surface area (Å²) in [6.07, 6.45) is 4.27. The fourth-order valence-corrected chi connectivity index (χ4v) is 7.59. The number of unbranched alkanes of at least 4 members (excludes halogenated alkanes) is 2. The molecule has 0 aromatic heterocycles. The highest BCUT2D eigenvalue weighted by atomic mass is 16.6. The van der Waals surface area contributed by atoms with Gasteiger partial charge in [-0.3, -0.25) is 14.4 Å². The van der Waals surface area contributed by atoms with Crippen molar-refractivity contribution in [3.8, 4) is 23.0 Å².